The molecule has 23 heteroatoms. The molecule has 64 heavy (non-hydrogen) atoms. The standard InChI is InChI=1S/C41H50F6N10O6S/c1-40(61)13-3-14-56(22-40)36-25(41(45,46)47)19-48-38(51-36)49-28-5-4-24(18-26(28)42)64(62,63)52-29-12-15-54(21-27(29)43)20-23-10-16-55(17-11-23)30-6-7-31-35(34(30)44)53(2)39(60)57(31)32-8-9-33(58)50-37(32)59/h4-7,18-19,23,27,29,32,37,52,59,61H,3,8-17,20-22H2,1-2H3,(H,50,58)(H,48,49,51)/t27-,29+,32?,37?,40-/m0/s1. The van der Waals surface area contributed by atoms with Gasteiger partial charge in [0.25, 0.3) is 0 Å². The summed E-state index contributed by atoms with van der Waals surface area (Å²) in [6.45, 7) is 3.43. The van der Waals surface area contributed by atoms with Crippen LogP contribution in [0.1, 0.15) is 63.5 Å². The van der Waals surface area contributed by atoms with Crippen molar-refractivity contribution in [2.24, 2.45) is 13.0 Å². The first-order valence-electron chi connectivity index (χ1n) is 21.2. The maximum absolute atomic E-state index is 16.1. The molecule has 4 saturated heterocycles. The molecule has 6 heterocycles. The number of halogens is 6. The molecule has 2 aromatic heterocycles. The minimum Gasteiger partial charge on any atom is -0.388 e. The number of fused-ring (bicyclic) bond motifs is 1. The Morgan fingerprint density at radius 3 is 2.44 bits per heavy atom. The van der Waals surface area contributed by atoms with Crippen molar-refractivity contribution in [1.82, 2.24) is 34.0 Å². The number of carbonyl (C=O) groups is 1. The largest absolute Gasteiger partial charge is 0.421 e. The van der Waals surface area contributed by atoms with Gasteiger partial charge in [-0.25, -0.2) is 36.1 Å². The van der Waals surface area contributed by atoms with Gasteiger partial charge in [0.2, 0.25) is 21.9 Å². The monoisotopic (exact) mass is 924 g/mol. The normalized spacial score (nSPS) is 25.5. The summed E-state index contributed by atoms with van der Waals surface area (Å²) >= 11 is 0. The second kappa shape index (κ2) is 17.4. The number of carbonyl (C=O) groups excluding carboxylic acids is 1. The van der Waals surface area contributed by atoms with Crippen LogP contribution in [0.2, 0.25) is 0 Å². The Balaban J connectivity index is 0.853. The van der Waals surface area contributed by atoms with Gasteiger partial charge < -0.3 is 35.5 Å². The summed E-state index contributed by atoms with van der Waals surface area (Å²) < 4.78 is 120. The van der Waals surface area contributed by atoms with Gasteiger partial charge in [0.15, 0.2) is 5.82 Å². The summed E-state index contributed by atoms with van der Waals surface area (Å²) in [5.41, 5.74) is -2.50. The highest BCUT2D eigenvalue weighted by molar-refractivity contribution is 7.89. The maximum atomic E-state index is 16.1. The van der Waals surface area contributed by atoms with Gasteiger partial charge in [-0.15, -0.1) is 0 Å². The van der Waals surface area contributed by atoms with Gasteiger partial charge in [0.05, 0.1) is 39.5 Å². The number of hydrogen-bond donors (Lipinski definition) is 5. The van der Waals surface area contributed by atoms with Crippen molar-refractivity contribution in [2.45, 2.75) is 93.0 Å². The molecule has 4 fully saturated rings. The van der Waals surface area contributed by atoms with Crippen LogP contribution in [0.25, 0.3) is 11.0 Å². The fourth-order valence-electron chi connectivity index (χ4n) is 9.44. The number of anilines is 4. The van der Waals surface area contributed by atoms with Crippen LogP contribution in [0.3, 0.4) is 0 Å². The average Bonchev–Trinajstić information content (AvgIpc) is 3.48. The number of hydrogen-bond acceptors (Lipinski definition) is 12. The van der Waals surface area contributed by atoms with Crippen molar-refractivity contribution >= 4 is 50.1 Å². The molecule has 348 valence electrons. The lowest BCUT2D eigenvalue weighted by Crippen LogP contribution is -2.53. The van der Waals surface area contributed by atoms with Crippen LogP contribution in [0, 0.1) is 17.6 Å². The summed E-state index contributed by atoms with van der Waals surface area (Å²) in [5, 5.41) is 25.9. The number of aromatic nitrogens is 4. The van der Waals surface area contributed by atoms with E-state index in [1.807, 2.05) is 9.80 Å². The number of sulfonamides is 1. The van der Waals surface area contributed by atoms with Crippen LogP contribution in [0.15, 0.2) is 46.2 Å². The SMILES string of the molecule is Cn1c(=O)n(C2CCC(=O)NC2O)c2ccc(N3CCC(CN4CC[C@@H](NS(=O)(=O)c5ccc(Nc6ncc(C(F)(F)F)c(N7CCC[C@](C)(O)C7)n6)c(F)c5)[C@@H](F)C4)CC3)c(F)c21. The van der Waals surface area contributed by atoms with E-state index >= 15 is 13.2 Å². The first-order chi connectivity index (χ1) is 30.2. The van der Waals surface area contributed by atoms with Gasteiger partial charge in [0, 0.05) is 58.9 Å². The number of aryl methyl sites for hydroxylation is 1. The summed E-state index contributed by atoms with van der Waals surface area (Å²) in [6, 6.07) is 4.25. The number of aliphatic hydroxyl groups excluding tert-OH is 1. The fraction of sp³-hybridized carbons (Fsp3) is 0.561. The number of nitrogens with one attached hydrogen (secondary N) is 3. The molecule has 2 unspecified atom stereocenters. The van der Waals surface area contributed by atoms with Gasteiger partial charge in [-0.1, -0.05) is 0 Å². The van der Waals surface area contributed by atoms with E-state index in [2.05, 4.69) is 25.3 Å². The van der Waals surface area contributed by atoms with E-state index in [0.717, 1.165) is 12.1 Å². The van der Waals surface area contributed by atoms with Crippen LogP contribution in [0.5, 0.6) is 0 Å². The van der Waals surface area contributed by atoms with Crippen molar-refractivity contribution in [3.05, 3.63) is 64.2 Å². The number of amides is 1. The van der Waals surface area contributed by atoms with Crippen LogP contribution < -0.4 is 30.8 Å². The number of imidazole rings is 1. The van der Waals surface area contributed by atoms with Crippen molar-refractivity contribution in [3.8, 4) is 0 Å². The molecule has 4 aromatic rings. The lowest BCUT2D eigenvalue weighted by Gasteiger charge is -2.39. The summed E-state index contributed by atoms with van der Waals surface area (Å²) in [5.74, 6) is -2.71. The molecule has 0 aliphatic carbocycles. The smallest absolute Gasteiger partial charge is 0.388 e. The van der Waals surface area contributed by atoms with Gasteiger partial charge >= 0.3 is 11.9 Å². The third-order valence-corrected chi connectivity index (χ3v) is 14.3. The van der Waals surface area contributed by atoms with E-state index in [0.29, 0.717) is 75.3 Å². The van der Waals surface area contributed by atoms with Gasteiger partial charge in [-0.3, -0.25) is 13.9 Å². The minimum atomic E-state index is -4.81. The first-order valence-corrected chi connectivity index (χ1v) is 22.7. The molecular formula is C41H50F6N10O6S. The van der Waals surface area contributed by atoms with Gasteiger partial charge in [0.1, 0.15) is 35.1 Å². The number of aliphatic hydroxyl groups is 2. The number of alkyl halides is 4. The van der Waals surface area contributed by atoms with Crippen molar-refractivity contribution < 1.29 is 49.8 Å². The summed E-state index contributed by atoms with van der Waals surface area (Å²) in [4.78, 5) is 37.3. The highest BCUT2D eigenvalue weighted by Crippen LogP contribution is 2.38. The summed E-state index contributed by atoms with van der Waals surface area (Å²) in [7, 11) is -2.95. The van der Waals surface area contributed by atoms with Gasteiger partial charge in [-0.05, 0) is 88.2 Å². The van der Waals surface area contributed by atoms with Gasteiger partial charge in [-0.2, -0.15) is 18.2 Å². The third-order valence-electron chi connectivity index (χ3n) is 12.8. The number of nitrogens with zero attached hydrogens (tertiary/aromatic N) is 7. The van der Waals surface area contributed by atoms with E-state index in [1.54, 1.807) is 12.1 Å². The number of benzene rings is 2. The maximum Gasteiger partial charge on any atom is 0.421 e. The number of β-amino-alcohol motifs (C(OH)–C–C–N with tert-alkyl or cyclic N) is 1. The molecular weight excluding hydrogens is 875 g/mol. The molecule has 5 N–H and O–H groups in total. The molecule has 0 saturated carbocycles. The molecule has 1 amide bonds. The highest BCUT2D eigenvalue weighted by Gasteiger charge is 2.40. The van der Waals surface area contributed by atoms with E-state index in [9.17, 15) is 41.4 Å². The predicted molar refractivity (Wildman–Crippen MR) is 223 cm³/mol. The Hall–Kier alpha value is -4.97. The zero-order chi connectivity index (χ0) is 45.9. The minimum absolute atomic E-state index is 0.0512. The number of likely N-dealkylation sites (tertiary alicyclic amines) is 1. The molecule has 5 atom stereocenters. The summed E-state index contributed by atoms with van der Waals surface area (Å²) in [6.07, 6.45) is -4.53. The van der Waals surface area contributed by atoms with Crippen LogP contribution in [0.4, 0.5) is 49.5 Å². The number of rotatable bonds is 10. The van der Waals surface area contributed by atoms with Crippen molar-refractivity contribution in [1.29, 1.82) is 0 Å². The fourth-order valence-corrected chi connectivity index (χ4v) is 10.7. The quantitative estimate of drug-likeness (QED) is 0.145. The van der Waals surface area contributed by atoms with E-state index in [1.165, 1.54) is 28.0 Å². The lowest BCUT2D eigenvalue weighted by atomic mass is 9.94. The van der Waals surface area contributed by atoms with E-state index in [-0.39, 0.29) is 67.9 Å². The Labute approximate surface area is 364 Å². The molecule has 2 aromatic carbocycles. The highest BCUT2D eigenvalue weighted by atomic mass is 32.2. The first kappa shape index (κ1) is 45.6. The molecule has 4 aliphatic heterocycles. The molecule has 8 rings (SSSR count). The third kappa shape index (κ3) is 9.26. The molecule has 4 aliphatic rings. The molecule has 0 radical (unpaired) electrons. The molecule has 16 nitrogen and oxygen atoms in total. The Morgan fingerprint density at radius 1 is 1.02 bits per heavy atom. The van der Waals surface area contributed by atoms with Crippen molar-refractivity contribution in [3.63, 3.8) is 0 Å². The van der Waals surface area contributed by atoms with Crippen LogP contribution in [-0.4, -0.2) is 118 Å². The van der Waals surface area contributed by atoms with E-state index in [4.69, 9.17) is 0 Å². The van der Waals surface area contributed by atoms with Crippen LogP contribution >= 0.6 is 0 Å². The second-order valence-corrected chi connectivity index (χ2v) is 19.3. The predicted octanol–water partition coefficient (Wildman–Crippen LogP) is 3.90. The van der Waals surface area contributed by atoms with E-state index < -0.39 is 79.9 Å². The number of piperidine rings is 4. The molecule has 0 spiro atoms. The Bertz CT molecular complexity index is 2580. The second-order valence-electron chi connectivity index (χ2n) is 17.5. The lowest BCUT2D eigenvalue weighted by molar-refractivity contribution is -0.137. The zero-order valence-electron chi connectivity index (χ0n) is 35.1. The topological polar surface area (TPSA) is 190 Å². The van der Waals surface area contributed by atoms with Crippen molar-refractivity contribution in [2.75, 3.05) is 60.9 Å². The zero-order valence-corrected chi connectivity index (χ0v) is 35.9. The van der Waals surface area contributed by atoms with Crippen LogP contribution in [-0.2, 0) is 28.0 Å². The molecule has 0 bridgehead atoms. The Morgan fingerprint density at radius 2 is 1.77 bits per heavy atom. The Kier molecular flexibility index (Phi) is 12.4. The average molecular weight is 925 g/mol.